The fourth-order valence-corrected chi connectivity index (χ4v) is 6.59. The number of piperidine rings is 1. The van der Waals surface area contributed by atoms with Gasteiger partial charge in [-0.3, -0.25) is 0 Å². The van der Waals surface area contributed by atoms with Crippen LogP contribution in [0.25, 0.3) is 21.8 Å². The molecule has 0 bridgehead atoms. The van der Waals surface area contributed by atoms with Gasteiger partial charge in [-0.05, 0) is 42.5 Å². The fourth-order valence-electron chi connectivity index (χ4n) is 3.90. The first-order chi connectivity index (χ1) is 13.8. The molecule has 0 saturated carbocycles. The van der Waals surface area contributed by atoms with E-state index in [1.54, 1.807) is 22.5 Å². The van der Waals surface area contributed by atoms with Gasteiger partial charge < -0.3 is 0 Å². The maximum Gasteiger partial charge on any atom is 0.243 e. The van der Waals surface area contributed by atoms with Crippen LogP contribution in [0.15, 0.2) is 58.8 Å². The molecule has 2 aromatic carbocycles. The van der Waals surface area contributed by atoms with Crippen molar-refractivity contribution in [3.63, 3.8) is 0 Å². The van der Waals surface area contributed by atoms with Gasteiger partial charge in [-0.2, -0.15) is 4.31 Å². The van der Waals surface area contributed by atoms with Crippen molar-refractivity contribution >= 4 is 33.0 Å². The van der Waals surface area contributed by atoms with E-state index in [1.165, 1.54) is 11.3 Å². The van der Waals surface area contributed by atoms with Crippen LogP contribution in [0.4, 0.5) is 0 Å². The minimum absolute atomic E-state index is 0.331. The second-order valence-electron chi connectivity index (χ2n) is 7.84. The quantitative estimate of drug-likeness (QED) is 0.509. The normalized spacial score (nSPS) is 20.7. The highest BCUT2D eigenvalue weighted by Gasteiger charge is 2.31. The largest absolute Gasteiger partial charge is 0.243 e. The highest BCUT2D eigenvalue weighted by Crippen LogP contribution is 2.32. The lowest BCUT2D eigenvalue weighted by atomic mass is 9.94. The Morgan fingerprint density at radius 1 is 1.03 bits per heavy atom. The van der Waals surface area contributed by atoms with Crippen LogP contribution in [0, 0.1) is 11.8 Å². The highest BCUT2D eigenvalue weighted by molar-refractivity contribution is 7.89. The number of halogens is 1. The zero-order valence-corrected chi connectivity index (χ0v) is 18.8. The second-order valence-corrected chi connectivity index (χ2v) is 11.1. The summed E-state index contributed by atoms with van der Waals surface area (Å²) in [6.07, 6.45) is 1.07. The number of aromatic nitrogens is 1. The lowest BCUT2D eigenvalue weighted by molar-refractivity contribution is 0.222. The zero-order chi connectivity index (χ0) is 20.6. The van der Waals surface area contributed by atoms with E-state index < -0.39 is 10.0 Å². The van der Waals surface area contributed by atoms with Gasteiger partial charge in [-0.1, -0.05) is 49.7 Å². The maximum absolute atomic E-state index is 13.2. The van der Waals surface area contributed by atoms with E-state index in [9.17, 15) is 8.42 Å². The Hall–Kier alpha value is -1.73. The standard InChI is InChI=1S/C22H23ClN2O2S2/c1-15-10-16(2)13-25(12-15)29(26,27)20-5-3-4-18(11-20)21-14-28-22(24-21)17-6-8-19(23)9-7-17/h3-9,11,14-16H,10,12-13H2,1-2H3/t15-,16+. The Bertz CT molecular complexity index is 1100. The molecule has 0 radical (unpaired) electrons. The molecule has 0 amide bonds. The third-order valence-electron chi connectivity index (χ3n) is 5.20. The first-order valence-electron chi connectivity index (χ1n) is 9.65. The summed E-state index contributed by atoms with van der Waals surface area (Å²) in [5, 5.41) is 3.52. The molecule has 4 nitrogen and oxygen atoms in total. The van der Waals surface area contributed by atoms with Crippen LogP contribution >= 0.6 is 22.9 Å². The van der Waals surface area contributed by atoms with Crippen LogP contribution in [0.2, 0.25) is 5.02 Å². The average molecular weight is 447 g/mol. The molecule has 1 fully saturated rings. The smallest absolute Gasteiger partial charge is 0.236 e. The van der Waals surface area contributed by atoms with Crippen molar-refractivity contribution in [3.8, 4) is 21.8 Å². The Morgan fingerprint density at radius 2 is 1.72 bits per heavy atom. The lowest BCUT2D eigenvalue weighted by Crippen LogP contribution is -2.42. The number of thiazole rings is 1. The maximum atomic E-state index is 13.2. The van der Waals surface area contributed by atoms with Gasteiger partial charge in [0, 0.05) is 34.6 Å². The summed E-state index contributed by atoms with van der Waals surface area (Å²) < 4.78 is 28.1. The second kappa shape index (κ2) is 8.19. The number of rotatable bonds is 4. The molecule has 0 aliphatic carbocycles. The van der Waals surface area contributed by atoms with Gasteiger partial charge in [-0.25, -0.2) is 13.4 Å². The zero-order valence-electron chi connectivity index (χ0n) is 16.4. The third-order valence-corrected chi connectivity index (χ3v) is 8.17. The van der Waals surface area contributed by atoms with Gasteiger partial charge in [0.25, 0.3) is 0 Å². The van der Waals surface area contributed by atoms with Crippen LogP contribution in [-0.4, -0.2) is 30.8 Å². The van der Waals surface area contributed by atoms with E-state index in [0.29, 0.717) is 34.8 Å². The predicted molar refractivity (Wildman–Crippen MR) is 120 cm³/mol. The van der Waals surface area contributed by atoms with Gasteiger partial charge in [0.15, 0.2) is 0 Å². The molecule has 2 heterocycles. The van der Waals surface area contributed by atoms with Crippen molar-refractivity contribution in [1.82, 2.24) is 9.29 Å². The Kier molecular flexibility index (Phi) is 5.80. The molecule has 29 heavy (non-hydrogen) atoms. The van der Waals surface area contributed by atoms with Crippen LogP contribution in [0.5, 0.6) is 0 Å². The van der Waals surface area contributed by atoms with Crippen LogP contribution in [-0.2, 0) is 10.0 Å². The first kappa shape index (κ1) is 20.5. The average Bonchev–Trinajstić information content (AvgIpc) is 3.18. The number of benzene rings is 2. The predicted octanol–water partition coefficient (Wildman–Crippen LogP) is 5.80. The molecule has 1 saturated heterocycles. The van der Waals surface area contributed by atoms with Crippen molar-refractivity contribution in [3.05, 3.63) is 58.9 Å². The highest BCUT2D eigenvalue weighted by atomic mass is 35.5. The SMILES string of the molecule is C[C@@H]1C[C@H](C)CN(S(=O)(=O)c2cccc(-c3csc(-c4ccc(Cl)cc4)n3)c2)C1. The summed E-state index contributed by atoms with van der Waals surface area (Å²) in [6.45, 7) is 5.38. The summed E-state index contributed by atoms with van der Waals surface area (Å²) in [7, 11) is -3.51. The van der Waals surface area contributed by atoms with Gasteiger partial charge in [0.2, 0.25) is 10.0 Å². The minimum atomic E-state index is -3.51. The monoisotopic (exact) mass is 446 g/mol. The van der Waals surface area contributed by atoms with Crippen LogP contribution in [0.3, 0.4) is 0 Å². The molecular weight excluding hydrogens is 424 g/mol. The molecule has 1 aliphatic rings. The Balaban J connectivity index is 1.63. The molecule has 0 N–H and O–H groups in total. The van der Waals surface area contributed by atoms with E-state index >= 15 is 0 Å². The Morgan fingerprint density at radius 3 is 2.41 bits per heavy atom. The number of hydrogen-bond donors (Lipinski definition) is 0. The molecule has 4 rings (SSSR count). The molecule has 0 spiro atoms. The Labute approximate surface area is 181 Å². The van der Waals surface area contributed by atoms with Crippen molar-refractivity contribution in [2.75, 3.05) is 13.1 Å². The summed E-state index contributed by atoms with van der Waals surface area (Å²) in [5.74, 6) is 0.745. The van der Waals surface area contributed by atoms with Crippen molar-refractivity contribution < 1.29 is 8.42 Å². The van der Waals surface area contributed by atoms with E-state index in [-0.39, 0.29) is 0 Å². The first-order valence-corrected chi connectivity index (χ1v) is 12.3. The van der Waals surface area contributed by atoms with Gasteiger partial charge in [0.1, 0.15) is 5.01 Å². The van der Waals surface area contributed by atoms with E-state index in [2.05, 4.69) is 13.8 Å². The van der Waals surface area contributed by atoms with Crippen LogP contribution in [0.1, 0.15) is 20.3 Å². The van der Waals surface area contributed by atoms with Gasteiger partial charge in [0.05, 0.1) is 10.6 Å². The number of sulfonamides is 1. The minimum Gasteiger partial charge on any atom is -0.236 e. The molecule has 1 aliphatic heterocycles. The summed E-state index contributed by atoms with van der Waals surface area (Å²) in [4.78, 5) is 5.04. The summed E-state index contributed by atoms with van der Waals surface area (Å²) >= 11 is 7.50. The van der Waals surface area contributed by atoms with Gasteiger partial charge >= 0.3 is 0 Å². The number of hydrogen-bond acceptors (Lipinski definition) is 4. The topological polar surface area (TPSA) is 50.3 Å². The van der Waals surface area contributed by atoms with Crippen molar-refractivity contribution in [2.45, 2.75) is 25.2 Å². The lowest BCUT2D eigenvalue weighted by Gasteiger charge is -2.34. The fraction of sp³-hybridized carbons (Fsp3) is 0.318. The summed E-state index contributed by atoms with van der Waals surface area (Å²) in [6, 6.07) is 14.7. The van der Waals surface area contributed by atoms with E-state index in [1.807, 2.05) is 35.7 Å². The molecule has 0 unspecified atom stereocenters. The molecule has 2 atom stereocenters. The van der Waals surface area contributed by atoms with E-state index in [4.69, 9.17) is 16.6 Å². The third kappa shape index (κ3) is 4.40. The van der Waals surface area contributed by atoms with E-state index in [0.717, 1.165) is 28.2 Å². The molecule has 152 valence electrons. The molecule has 1 aromatic heterocycles. The molecular formula is C22H23ClN2O2S2. The van der Waals surface area contributed by atoms with Gasteiger partial charge in [-0.15, -0.1) is 11.3 Å². The van der Waals surface area contributed by atoms with Crippen molar-refractivity contribution in [1.29, 1.82) is 0 Å². The van der Waals surface area contributed by atoms with Crippen molar-refractivity contribution in [2.24, 2.45) is 11.8 Å². The number of nitrogens with zero attached hydrogens (tertiary/aromatic N) is 2. The summed E-state index contributed by atoms with van der Waals surface area (Å²) in [5.41, 5.74) is 2.57. The molecule has 7 heteroatoms. The molecule has 3 aromatic rings. The van der Waals surface area contributed by atoms with Crippen LogP contribution < -0.4 is 0 Å².